The first-order chi connectivity index (χ1) is 7.29. The molecule has 84 valence electrons. The Labute approximate surface area is 95.8 Å². The van der Waals surface area contributed by atoms with E-state index in [1.54, 1.807) is 6.26 Å². The molecule has 0 bridgehead atoms. The second-order valence-corrected chi connectivity index (χ2v) is 5.49. The van der Waals surface area contributed by atoms with Crippen LogP contribution in [-0.4, -0.2) is 17.8 Å². The molecule has 0 aliphatic heterocycles. The van der Waals surface area contributed by atoms with Gasteiger partial charge in [-0.25, -0.2) is 0 Å². The Hall–Kier alpha value is -0.410. The normalized spacial score (nSPS) is 26.0. The lowest BCUT2D eigenvalue weighted by Gasteiger charge is -2.11. The average Bonchev–Trinajstić information content (AvgIpc) is 2.79. The molecule has 0 saturated heterocycles. The SMILES string of the molecule is CCNC1CCC(Sc2ccoc2C)C1. The van der Waals surface area contributed by atoms with E-state index in [-0.39, 0.29) is 0 Å². The first-order valence-electron chi connectivity index (χ1n) is 5.73. The minimum Gasteiger partial charge on any atom is -0.468 e. The number of thioether (sulfide) groups is 1. The lowest BCUT2D eigenvalue weighted by Crippen LogP contribution is -2.26. The van der Waals surface area contributed by atoms with E-state index in [1.165, 1.54) is 24.2 Å². The Balaban J connectivity index is 1.85. The van der Waals surface area contributed by atoms with Gasteiger partial charge in [-0.1, -0.05) is 6.92 Å². The van der Waals surface area contributed by atoms with Gasteiger partial charge in [0.2, 0.25) is 0 Å². The fourth-order valence-corrected chi connectivity index (χ4v) is 3.49. The van der Waals surface area contributed by atoms with E-state index in [9.17, 15) is 0 Å². The second-order valence-electron chi connectivity index (χ2n) is 4.15. The van der Waals surface area contributed by atoms with Crippen LogP contribution in [0.1, 0.15) is 31.9 Å². The summed E-state index contributed by atoms with van der Waals surface area (Å²) in [5.41, 5.74) is 0. The zero-order valence-corrected chi connectivity index (χ0v) is 10.3. The Bertz CT molecular complexity index is 310. The number of aryl methyl sites for hydroxylation is 1. The number of rotatable bonds is 4. The molecule has 1 aromatic heterocycles. The van der Waals surface area contributed by atoms with E-state index in [0.29, 0.717) is 0 Å². The topological polar surface area (TPSA) is 25.2 Å². The van der Waals surface area contributed by atoms with Crippen molar-refractivity contribution in [2.45, 2.75) is 49.3 Å². The molecule has 2 unspecified atom stereocenters. The summed E-state index contributed by atoms with van der Waals surface area (Å²) in [6.45, 7) is 5.31. The van der Waals surface area contributed by atoms with Crippen molar-refractivity contribution in [2.75, 3.05) is 6.54 Å². The lowest BCUT2D eigenvalue weighted by atomic mass is 10.2. The zero-order valence-electron chi connectivity index (χ0n) is 9.45. The summed E-state index contributed by atoms with van der Waals surface area (Å²) in [4.78, 5) is 1.32. The maximum Gasteiger partial charge on any atom is 0.114 e. The van der Waals surface area contributed by atoms with Crippen LogP contribution in [0.4, 0.5) is 0 Å². The Kier molecular flexibility index (Phi) is 3.76. The number of hydrogen-bond donors (Lipinski definition) is 1. The van der Waals surface area contributed by atoms with Crippen LogP contribution in [0.25, 0.3) is 0 Å². The minimum absolute atomic E-state index is 0.736. The molecule has 3 heteroatoms. The van der Waals surface area contributed by atoms with Gasteiger partial charge >= 0.3 is 0 Å². The Morgan fingerprint density at radius 1 is 1.53 bits per heavy atom. The van der Waals surface area contributed by atoms with Gasteiger partial charge in [0.25, 0.3) is 0 Å². The molecule has 1 fully saturated rings. The number of furan rings is 1. The zero-order chi connectivity index (χ0) is 10.7. The minimum atomic E-state index is 0.736. The molecule has 0 spiro atoms. The van der Waals surface area contributed by atoms with Gasteiger partial charge in [-0.15, -0.1) is 11.8 Å². The first kappa shape index (κ1) is 11.1. The number of hydrogen-bond acceptors (Lipinski definition) is 3. The molecule has 0 aromatic carbocycles. The van der Waals surface area contributed by atoms with Crippen molar-refractivity contribution in [3.05, 3.63) is 18.1 Å². The summed E-state index contributed by atoms with van der Waals surface area (Å²) in [6.07, 6.45) is 5.73. The molecular formula is C12H19NOS. The summed E-state index contributed by atoms with van der Waals surface area (Å²) in [7, 11) is 0. The predicted molar refractivity (Wildman–Crippen MR) is 64.4 cm³/mol. The molecule has 2 atom stereocenters. The van der Waals surface area contributed by atoms with Crippen LogP contribution >= 0.6 is 11.8 Å². The Morgan fingerprint density at radius 2 is 2.40 bits per heavy atom. The molecular weight excluding hydrogens is 206 g/mol. The summed E-state index contributed by atoms with van der Waals surface area (Å²) in [5, 5.41) is 4.30. The molecule has 1 aliphatic rings. The first-order valence-corrected chi connectivity index (χ1v) is 6.61. The van der Waals surface area contributed by atoms with E-state index < -0.39 is 0 Å². The van der Waals surface area contributed by atoms with E-state index in [1.807, 2.05) is 18.7 Å². The van der Waals surface area contributed by atoms with Gasteiger partial charge in [-0.3, -0.25) is 0 Å². The van der Waals surface area contributed by atoms with Crippen LogP contribution in [0, 0.1) is 6.92 Å². The smallest absolute Gasteiger partial charge is 0.114 e. The average molecular weight is 225 g/mol. The highest BCUT2D eigenvalue weighted by atomic mass is 32.2. The summed E-state index contributed by atoms with van der Waals surface area (Å²) >= 11 is 1.98. The van der Waals surface area contributed by atoms with Gasteiger partial charge < -0.3 is 9.73 Å². The lowest BCUT2D eigenvalue weighted by molar-refractivity contribution is 0.526. The molecule has 0 amide bonds. The maximum absolute atomic E-state index is 5.31. The Morgan fingerprint density at radius 3 is 3.07 bits per heavy atom. The largest absolute Gasteiger partial charge is 0.468 e. The van der Waals surface area contributed by atoms with Crippen LogP contribution in [0.15, 0.2) is 21.6 Å². The molecule has 15 heavy (non-hydrogen) atoms. The highest BCUT2D eigenvalue weighted by Crippen LogP contribution is 2.36. The van der Waals surface area contributed by atoms with E-state index in [0.717, 1.165) is 23.6 Å². The van der Waals surface area contributed by atoms with Crippen LogP contribution in [0.3, 0.4) is 0 Å². The highest BCUT2D eigenvalue weighted by Gasteiger charge is 2.25. The molecule has 1 aliphatic carbocycles. The predicted octanol–water partition coefficient (Wildman–Crippen LogP) is 3.21. The number of nitrogens with one attached hydrogen (secondary N) is 1. The van der Waals surface area contributed by atoms with Gasteiger partial charge in [-0.05, 0) is 38.8 Å². The van der Waals surface area contributed by atoms with Crippen molar-refractivity contribution < 1.29 is 4.42 Å². The third-order valence-electron chi connectivity index (χ3n) is 2.98. The quantitative estimate of drug-likeness (QED) is 0.852. The third-order valence-corrected chi connectivity index (χ3v) is 4.42. The van der Waals surface area contributed by atoms with Crippen molar-refractivity contribution in [3.8, 4) is 0 Å². The van der Waals surface area contributed by atoms with Gasteiger partial charge in [0.1, 0.15) is 5.76 Å². The van der Waals surface area contributed by atoms with Crippen LogP contribution in [0.2, 0.25) is 0 Å². The van der Waals surface area contributed by atoms with Crippen LogP contribution in [0.5, 0.6) is 0 Å². The summed E-state index contributed by atoms with van der Waals surface area (Å²) in [6, 6.07) is 2.82. The molecule has 2 nitrogen and oxygen atoms in total. The van der Waals surface area contributed by atoms with E-state index >= 15 is 0 Å². The molecule has 2 rings (SSSR count). The van der Waals surface area contributed by atoms with E-state index in [2.05, 4.69) is 18.3 Å². The third kappa shape index (κ3) is 2.79. The van der Waals surface area contributed by atoms with Gasteiger partial charge in [0.15, 0.2) is 0 Å². The molecule has 1 saturated carbocycles. The van der Waals surface area contributed by atoms with Crippen molar-refractivity contribution in [1.29, 1.82) is 0 Å². The fraction of sp³-hybridized carbons (Fsp3) is 0.667. The molecule has 1 heterocycles. The van der Waals surface area contributed by atoms with Crippen LogP contribution in [-0.2, 0) is 0 Å². The molecule has 1 N–H and O–H groups in total. The van der Waals surface area contributed by atoms with E-state index in [4.69, 9.17) is 4.42 Å². The second kappa shape index (κ2) is 5.08. The van der Waals surface area contributed by atoms with Crippen LogP contribution < -0.4 is 5.32 Å². The maximum atomic E-state index is 5.31. The van der Waals surface area contributed by atoms with Gasteiger partial charge in [0, 0.05) is 16.2 Å². The van der Waals surface area contributed by atoms with Gasteiger partial charge in [0.05, 0.1) is 6.26 Å². The summed E-state index contributed by atoms with van der Waals surface area (Å²) < 4.78 is 5.31. The van der Waals surface area contributed by atoms with Crippen molar-refractivity contribution in [2.24, 2.45) is 0 Å². The van der Waals surface area contributed by atoms with Crippen molar-refractivity contribution in [1.82, 2.24) is 5.32 Å². The highest BCUT2D eigenvalue weighted by molar-refractivity contribution is 8.00. The molecule has 1 aromatic rings. The standard InChI is InChI=1S/C12H19NOS/c1-3-13-10-4-5-11(8-10)15-12-6-7-14-9(12)2/h6-7,10-11,13H,3-5,8H2,1-2H3. The monoisotopic (exact) mass is 225 g/mol. The molecule has 0 radical (unpaired) electrons. The summed E-state index contributed by atoms with van der Waals surface area (Å²) in [5.74, 6) is 1.06. The van der Waals surface area contributed by atoms with Crippen molar-refractivity contribution >= 4 is 11.8 Å². The van der Waals surface area contributed by atoms with Gasteiger partial charge in [-0.2, -0.15) is 0 Å². The fourth-order valence-electron chi connectivity index (χ4n) is 2.20. The van der Waals surface area contributed by atoms with Crippen molar-refractivity contribution in [3.63, 3.8) is 0 Å².